The van der Waals surface area contributed by atoms with Crippen LogP contribution in [0.4, 0.5) is 0 Å². The Morgan fingerprint density at radius 1 is 1.28 bits per heavy atom. The van der Waals surface area contributed by atoms with E-state index in [9.17, 15) is 0 Å². The largest absolute Gasteiger partial charge is 0.494 e. The molecule has 0 bridgehead atoms. The average Bonchev–Trinajstić information content (AvgIpc) is 2.86. The molecule has 0 aliphatic heterocycles. The van der Waals surface area contributed by atoms with Gasteiger partial charge >= 0.3 is 0 Å². The lowest BCUT2D eigenvalue weighted by molar-refractivity contribution is 0.317. The van der Waals surface area contributed by atoms with E-state index in [1.165, 1.54) is 0 Å². The lowest BCUT2D eigenvalue weighted by atomic mass is 10.2. The van der Waals surface area contributed by atoms with Gasteiger partial charge in [-0.15, -0.1) is 0 Å². The van der Waals surface area contributed by atoms with Crippen molar-refractivity contribution in [3.63, 3.8) is 0 Å². The summed E-state index contributed by atoms with van der Waals surface area (Å²) in [6, 6.07) is 7.86. The summed E-state index contributed by atoms with van der Waals surface area (Å²) in [7, 11) is 0. The van der Waals surface area contributed by atoms with Crippen LogP contribution in [0.25, 0.3) is 11.3 Å². The number of aromatic nitrogens is 1. The molecule has 2 aromatic rings. The number of rotatable bonds is 6. The van der Waals surface area contributed by atoms with Gasteiger partial charge in [0.1, 0.15) is 17.7 Å². The number of benzene rings is 1. The Bertz CT molecular complexity index is 477. The average molecular weight is 246 g/mol. The van der Waals surface area contributed by atoms with Crippen LogP contribution in [-0.2, 0) is 6.42 Å². The van der Waals surface area contributed by atoms with E-state index in [1.807, 2.05) is 24.3 Å². The van der Waals surface area contributed by atoms with Gasteiger partial charge in [0.25, 0.3) is 0 Å². The summed E-state index contributed by atoms with van der Waals surface area (Å²) >= 11 is 0. The molecule has 0 saturated carbocycles. The first-order valence-corrected chi connectivity index (χ1v) is 6.21. The van der Waals surface area contributed by atoms with Gasteiger partial charge in [-0.2, -0.15) is 0 Å². The molecule has 0 atom stereocenters. The second-order valence-corrected chi connectivity index (χ2v) is 4.04. The van der Waals surface area contributed by atoms with Crippen LogP contribution in [0, 0.1) is 0 Å². The van der Waals surface area contributed by atoms with Crippen molar-refractivity contribution in [1.82, 2.24) is 4.98 Å². The fourth-order valence-electron chi connectivity index (χ4n) is 1.62. The molecular weight excluding hydrogens is 228 g/mol. The highest BCUT2D eigenvalue weighted by Crippen LogP contribution is 2.22. The summed E-state index contributed by atoms with van der Waals surface area (Å²) < 4.78 is 10.9. The zero-order valence-electron chi connectivity index (χ0n) is 10.6. The molecule has 0 spiro atoms. The fourth-order valence-corrected chi connectivity index (χ4v) is 1.62. The number of hydrogen-bond acceptors (Lipinski definition) is 4. The fraction of sp³-hybridized carbons (Fsp3) is 0.357. The molecule has 0 radical (unpaired) electrons. The second kappa shape index (κ2) is 6.21. The molecule has 1 aromatic carbocycles. The van der Waals surface area contributed by atoms with Gasteiger partial charge in [-0.25, -0.2) is 4.98 Å². The van der Waals surface area contributed by atoms with Crippen LogP contribution in [0.3, 0.4) is 0 Å². The van der Waals surface area contributed by atoms with Gasteiger partial charge in [-0.3, -0.25) is 0 Å². The van der Waals surface area contributed by atoms with Crippen molar-refractivity contribution < 1.29 is 9.15 Å². The Kier molecular flexibility index (Phi) is 4.36. The smallest absolute Gasteiger partial charge is 0.195 e. The number of hydrogen-bond donors (Lipinski definition) is 1. The Morgan fingerprint density at radius 2 is 2.06 bits per heavy atom. The Hall–Kier alpha value is -1.81. The molecule has 1 aromatic heterocycles. The number of nitrogens with zero attached hydrogens (tertiary/aromatic N) is 1. The number of nitrogens with two attached hydrogens (primary N) is 1. The zero-order valence-corrected chi connectivity index (χ0v) is 10.6. The van der Waals surface area contributed by atoms with Gasteiger partial charge < -0.3 is 14.9 Å². The van der Waals surface area contributed by atoms with Crippen LogP contribution in [0.1, 0.15) is 19.2 Å². The molecular formula is C14H18N2O2. The summed E-state index contributed by atoms with van der Waals surface area (Å²) in [5.74, 6) is 1.56. The summed E-state index contributed by atoms with van der Waals surface area (Å²) in [5, 5.41) is 0. The molecule has 0 aliphatic rings. The third-order valence-electron chi connectivity index (χ3n) is 2.53. The Labute approximate surface area is 107 Å². The standard InChI is InChI=1S/C14H18N2O2/c1-2-9-17-12-5-3-11(4-6-12)13-10-18-14(16-13)7-8-15/h3-6,10H,2,7-9,15H2,1H3. The molecule has 96 valence electrons. The van der Waals surface area contributed by atoms with Crippen LogP contribution in [0.5, 0.6) is 5.75 Å². The topological polar surface area (TPSA) is 61.3 Å². The maximum atomic E-state index is 5.53. The van der Waals surface area contributed by atoms with E-state index < -0.39 is 0 Å². The minimum atomic E-state index is 0.545. The maximum absolute atomic E-state index is 5.53. The van der Waals surface area contributed by atoms with E-state index in [0.29, 0.717) is 18.9 Å². The van der Waals surface area contributed by atoms with Crippen molar-refractivity contribution in [3.8, 4) is 17.0 Å². The molecule has 4 nitrogen and oxygen atoms in total. The molecule has 2 N–H and O–H groups in total. The predicted octanol–water partition coefficient (Wildman–Crippen LogP) is 2.63. The quantitative estimate of drug-likeness (QED) is 0.851. The van der Waals surface area contributed by atoms with E-state index in [1.54, 1.807) is 6.26 Å². The Balaban J connectivity index is 2.07. The number of oxazole rings is 1. The lowest BCUT2D eigenvalue weighted by Gasteiger charge is -2.04. The van der Waals surface area contributed by atoms with Crippen LogP contribution < -0.4 is 10.5 Å². The monoisotopic (exact) mass is 246 g/mol. The highest BCUT2D eigenvalue weighted by atomic mass is 16.5. The van der Waals surface area contributed by atoms with E-state index in [2.05, 4.69) is 11.9 Å². The van der Waals surface area contributed by atoms with Crippen molar-refractivity contribution in [2.24, 2.45) is 5.73 Å². The molecule has 4 heteroatoms. The van der Waals surface area contributed by atoms with Gasteiger partial charge in [0, 0.05) is 18.5 Å². The van der Waals surface area contributed by atoms with Gasteiger partial charge in [-0.05, 0) is 30.7 Å². The van der Waals surface area contributed by atoms with E-state index in [4.69, 9.17) is 14.9 Å². The van der Waals surface area contributed by atoms with Crippen molar-refractivity contribution in [3.05, 3.63) is 36.4 Å². The first kappa shape index (κ1) is 12.6. The van der Waals surface area contributed by atoms with E-state index in [-0.39, 0.29) is 0 Å². The highest BCUT2D eigenvalue weighted by molar-refractivity contribution is 5.58. The Morgan fingerprint density at radius 3 is 2.72 bits per heavy atom. The first-order valence-electron chi connectivity index (χ1n) is 6.21. The van der Waals surface area contributed by atoms with Crippen LogP contribution >= 0.6 is 0 Å². The molecule has 2 rings (SSSR count). The normalized spacial score (nSPS) is 10.6. The maximum Gasteiger partial charge on any atom is 0.195 e. The van der Waals surface area contributed by atoms with Gasteiger partial charge in [0.05, 0.1) is 6.61 Å². The minimum Gasteiger partial charge on any atom is -0.494 e. The third kappa shape index (κ3) is 3.11. The third-order valence-corrected chi connectivity index (χ3v) is 2.53. The first-order chi connectivity index (χ1) is 8.83. The zero-order chi connectivity index (χ0) is 12.8. The molecule has 0 amide bonds. The molecule has 18 heavy (non-hydrogen) atoms. The van der Waals surface area contributed by atoms with Crippen LogP contribution in [-0.4, -0.2) is 18.1 Å². The summed E-state index contributed by atoms with van der Waals surface area (Å²) in [6.45, 7) is 3.37. The van der Waals surface area contributed by atoms with E-state index >= 15 is 0 Å². The van der Waals surface area contributed by atoms with Crippen molar-refractivity contribution >= 4 is 0 Å². The molecule has 0 saturated heterocycles. The summed E-state index contributed by atoms with van der Waals surface area (Å²) in [5.41, 5.74) is 7.31. The summed E-state index contributed by atoms with van der Waals surface area (Å²) in [6.07, 6.45) is 3.33. The molecule has 0 aliphatic carbocycles. The van der Waals surface area contributed by atoms with Crippen molar-refractivity contribution in [1.29, 1.82) is 0 Å². The van der Waals surface area contributed by atoms with Gasteiger partial charge in [0.2, 0.25) is 0 Å². The van der Waals surface area contributed by atoms with Gasteiger partial charge in [-0.1, -0.05) is 6.92 Å². The van der Waals surface area contributed by atoms with Crippen molar-refractivity contribution in [2.75, 3.05) is 13.2 Å². The molecule has 1 heterocycles. The van der Waals surface area contributed by atoms with Crippen LogP contribution in [0.15, 0.2) is 34.9 Å². The molecule has 0 fully saturated rings. The van der Waals surface area contributed by atoms with E-state index in [0.717, 1.165) is 30.0 Å². The second-order valence-electron chi connectivity index (χ2n) is 4.04. The minimum absolute atomic E-state index is 0.545. The number of ether oxygens (including phenoxy) is 1. The molecule has 0 unspecified atom stereocenters. The summed E-state index contributed by atoms with van der Waals surface area (Å²) in [4.78, 5) is 4.37. The van der Waals surface area contributed by atoms with Crippen molar-refractivity contribution in [2.45, 2.75) is 19.8 Å². The van der Waals surface area contributed by atoms with Crippen LogP contribution in [0.2, 0.25) is 0 Å². The lowest BCUT2D eigenvalue weighted by Crippen LogP contribution is -2.02. The highest BCUT2D eigenvalue weighted by Gasteiger charge is 2.05. The SMILES string of the molecule is CCCOc1ccc(-c2coc(CCN)n2)cc1. The van der Waals surface area contributed by atoms with Gasteiger partial charge in [0.15, 0.2) is 5.89 Å². The predicted molar refractivity (Wildman–Crippen MR) is 70.5 cm³/mol.